The summed E-state index contributed by atoms with van der Waals surface area (Å²) in [5.41, 5.74) is 5.20. The Bertz CT molecular complexity index is 1490. The van der Waals surface area contributed by atoms with Gasteiger partial charge in [0, 0.05) is 30.3 Å². The Labute approximate surface area is 240 Å². The van der Waals surface area contributed by atoms with E-state index < -0.39 is 0 Å². The van der Waals surface area contributed by atoms with E-state index in [-0.39, 0.29) is 18.5 Å². The van der Waals surface area contributed by atoms with Gasteiger partial charge >= 0.3 is 0 Å². The first kappa shape index (κ1) is 27.3. The van der Waals surface area contributed by atoms with Crippen molar-refractivity contribution in [2.75, 3.05) is 19.7 Å². The maximum atomic E-state index is 14.4. The number of benzene rings is 3. The zero-order chi connectivity index (χ0) is 27.8. The van der Waals surface area contributed by atoms with Crippen molar-refractivity contribution in [1.29, 1.82) is 0 Å². The molecule has 40 heavy (non-hydrogen) atoms. The van der Waals surface area contributed by atoms with Gasteiger partial charge in [0.05, 0.1) is 30.2 Å². The average molecular weight is 562 g/mol. The van der Waals surface area contributed by atoms with Crippen LogP contribution in [0.2, 0.25) is 5.02 Å². The van der Waals surface area contributed by atoms with Crippen LogP contribution in [0.1, 0.15) is 48.7 Å². The Morgan fingerprint density at radius 1 is 1.05 bits per heavy atom. The zero-order valence-electron chi connectivity index (χ0n) is 23.4. The molecule has 2 fully saturated rings. The molecule has 0 radical (unpaired) electrons. The van der Waals surface area contributed by atoms with Crippen LogP contribution in [0.25, 0.3) is 11.0 Å². The minimum Gasteiger partial charge on any atom is -0.489 e. The molecular weight excluding hydrogens is 525 g/mol. The second-order valence-electron chi connectivity index (χ2n) is 11.6. The normalized spacial score (nSPS) is 23.3. The van der Waals surface area contributed by atoms with Crippen LogP contribution in [0.15, 0.2) is 60.7 Å². The molecule has 2 aliphatic rings. The predicted molar refractivity (Wildman–Crippen MR) is 157 cm³/mol. The molecule has 3 atom stereocenters. The number of nitrogens with zero attached hydrogens (tertiary/aromatic N) is 3. The molecule has 3 aromatic carbocycles. The van der Waals surface area contributed by atoms with Crippen LogP contribution in [0.3, 0.4) is 0 Å². The molecule has 2 saturated heterocycles. The summed E-state index contributed by atoms with van der Waals surface area (Å²) >= 11 is 5.93. The quantitative estimate of drug-likeness (QED) is 0.225. The van der Waals surface area contributed by atoms with E-state index in [4.69, 9.17) is 26.1 Å². The third-order valence-corrected chi connectivity index (χ3v) is 8.76. The Morgan fingerprint density at radius 3 is 2.55 bits per heavy atom. The summed E-state index contributed by atoms with van der Waals surface area (Å²) < 4.78 is 28.8. The molecule has 7 heteroatoms. The second-order valence-corrected chi connectivity index (χ2v) is 12.1. The van der Waals surface area contributed by atoms with E-state index in [1.54, 1.807) is 12.1 Å². The van der Waals surface area contributed by atoms with Crippen LogP contribution >= 0.6 is 11.6 Å². The van der Waals surface area contributed by atoms with Crippen molar-refractivity contribution in [3.8, 4) is 5.75 Å². The molecule has 0 bridgehead atoms. The molecule has 3 heterocycles. The van der Waals surface area contributed by atoms with E-state index in [2.05, 4.69) is 60.6 Å². The summed E-state index contributed by atoms with van der Waals surface area (Å²) in [5.74, 6) is 2.76. The molecule has 1 aromatic heterocycles. The fraction of sp³-hybridized carbons (Fsp3) is 0.424. The Morgan fingerprint density at radius 2 is 1.82 bits per heavy atom. The highest BCUT2D eigenvalue weighted by molar-refractivity contribution is 6.30. The number of halogens is 2. The van der Waals surface area contributed by atoms with E-state index in [1.807, 2.05) is 12.1 Å². The molecule has 2 aliphatic heterocycles. The van der Waals surface area contributed by atoms with Crippen LogP contribution in [0.4, 0.5) is 4.39 Å². The summed E-state index contributed by atoms with van der Waals surface area (Å²) in [6.45, 7) is 11.4. The molecule has 0 N–H and O–H groups in total. The molecular formula is C33H37ClFN3O2. The lowest BCUT2D eigenvalue weighted by Crippen LogP contribution is -2.43. The second kappa shape index (κ2) is 11.5. The van der Waals surface area contributed by atoms with Gasteiger partial charge in [-0.3, -0.25) is 4.90 Å². The third kappa shape index (κ3) is 5.63. The van der Waals surface area contributed by atoms with Gasteiger partial charge in [0.2, 0.25) is 0 Å². The van der Waals surface area contributed by atoms with Crippen LogP contribution < -0.4 is 4.74 Å². The van der Waals surface area contributed by atoms with Gasteiger partial charge in [-0.15, -0.1) is 0 Å². The summed E-state index contributed by atoms with van der Waals surface area (Å²) in [7, 11) is 0. The van der Waals surface area contributed by atoms with Gasteiger partial charge < -0.3 is 14.0 Å². The number of para-hydroxylation sites is 1. The van der Waals surface area contributed by atoms with E-state index in [0.717, 1.165) is 56.3 Å². The van der Waals surface area contributed by atoms with E-state index >= 15 is 0 Å². The summed E-state index contributed by atoms with van der Waals surface area (Å²) in [6, 6.07) is 19.5. The Balaban J connectivity index is 1.19. The SMILES string of the molecule is Cc1ccc2nc(CN3CC(C)C(c4ccccc4OCc4ccc(Cl)cc4F)C(C)C3)n(C[C@@H]3CCO3)c2c1. The van der Waals surface area contributed by atoms with Gasteiger partial charge in [0.15, 0.2) is 0 Å². The van der Waals surface area contributed by atoms with Gasteiger partial charge in [-0.25, -0.2) is 9.37 Å². The number of aromatic nitrogens is 2. The molecule has 5 nitrogen and oxygen atoms in total. The first-order chi connectivity index (χ1) is 19.4. The highest BCUT2D eigenvalue weighted by Gasteiger charge is 2.35. The zero-order valence-corrected chi connectivity index (χ0v) is 24.2. The standard InChI is InChI=1S/C33H37ClFN3O2/c1-21-8-11-29-30(14-21)38(18-26-12-13-39-26)32(36-29)19-37-16-22(2)33(23(3)17-37)27-6-4-5-7-31(27)40-20-24-9-10-25(34)15-28(24)35/h4-11,14-15,22-23,26,33H,12-13,16-20H2,1-3H3/t22?,23?,26-,33?/m0/s1. The number of fused-ring (bicyclic) bond motifs is 1. The highest BCUT2D eigenvalue weighted by atomic mass is 35.5. The molecule has 0 amide bonds. The van der Waals surface area contributed by atoms with Gasteiger partial charge in [-0.1, -0.05) is 55.8 Å². The van der Waals surface area contributed by atoms with Crippen molar-refractivity contribution < 1.29 is 13.9 Å². The maximum absolute atomic E-state index is 14.4. The number of likely N-dealkylation sites (tertiary alicyclic amines) is 1. The third-order valence-electron chi connectivity index (χ3n) is 8.52. The number of imidazole rings is 1. The summed E-state index contributed by atoms with van der Waals surface area (Å²) in [6.07, 6.45) is 1.38. The first-order valence-corrected chi connectivity index (χ1v) is 14.7. The smallest absolute Gasteiger partial charge is 0.131 e. The summed E-state index contributed by atoms with van der Waals surface area (Å²) in [5, 5.41) is 0.387. The van der Waals surface area contributed by atoms with Gasteiger partial charge in [-0.2, -0.15) is 0 Å². The van der Waals surface area contributed by atoms with Gasteiger partial charge in [0.1, 0.15) is 24.0 Å². The summed E-state index contributed by atoms with van der Waals surface area (Å²) in [4.78, 5) is 7.62. The van der Waals surface area contributed by atoms with Crippen LogP contribution in [0, 0.1) is 24.6 Å². The lowest BCUT2D eigenvalue weighted by molar-refractivity contribution is -0.0593. The average Bonchev–Trinajstić information content (AvgIpc) is 3.21. The molecule has 2 unspecified atom stereocenters. The highest BCUT2D eigenvalue weighted by Crippen LogP contribution is 2.41. The van der Waals surface area contributed by atoms with E-state index in [9.17, 15) is 4.39 Å². The van der Waals surface area contributed by atoms with Crippen molar-refractivity contribution in [2.24, 2.45) is 11.8 Å². The fourth-order valence-electron chi connectivity index (χ4n) is 6.54. The minimum absolute atomic E-state index is 0.169. The number of piperidine rings is 1. The molecule has 210 valence electrons. The number of aryl methyl sites for hydroxylation is 1. The maximum Gasteiger partial charge on any atom is 0.131 e. The lowest BCUT2D eigenvalue weighted by atomic mass is 9.75. The van der Waals surface area contributed by atoms with E-state index in [0.29, 0.717) is 28.3 Å². The predicted octanol–water partition coefficient (Wildman–Crippen LogP) is 7.38. The number of rotatable bonds is 8. The Kier molecular flexibility index (Phi) is 7.84. The molecule has 4 aromatic rings. The van der Waals surface area contributed by atoms with Crippen molar-refractivity contribution in [3.63, 3.8) is 0 Å². The fourth-order valence-corrected chi connectivity index (χ4v) is 6.70. The number of ether oxygens (including phenoxy) is 2. The largest absolute Gasteiger partial charge is 0.489 e. The van der Waals surface area contributed by atoms with E-state index in [1.165, 1.54) is 22.7 Å². The van der Waals surface area contributed by atoms with Crippen molar-refractivity contribution in [3.05, 3.63) is 94.0 Å². The van der Waals surface area contributed by atoms with Gasteiger partial charge in [-0.05, 0) is 72.6 Å². The topological polar surface area (TPSA) is 39.5 Å². The molecule has 0 spiro atoms. The van der Waals surface area contributed by atoms with Crippen LogP contribution in [-0.4, -0.2) is 40.3 Å². The van der Waals surface area contributed by atoms with Crippen molar-refractivity contribution in [1.82, 2.24) is 14.5 Å². The van der Waals surface area contributed by atoms with Crippen LogP contribution in [-0.2, 0) is 24.4 Å². The monoisotopic (exact) mass is 561 g/mol. The number of hydrogen-bond donors (Lipinski definition) is 0. The number of hydrogen-bond acceptors (Lipinski definition) is 4. The van der Waals surface area contributed by atoms with Crippen molar-refractivity contribution in [2.45, 2.75) is 58.9 Å². The minimum atomic E-state index is -0.343. The molecule has 6 rings (SSSR count). The molecule has 0 saturated carbocycles. The molecule has 0 aliphatic carbocycles. The van der Waals surface area contributed by atoms with Crippen molar-refractivity contribution >= 4 is 22.6 Å². The van der Waals surface area contributed by atoms with Crippen LogP contribution in [0.5, 0.6) is 5.75 Å². The Hall–Kier alpha value is -2.93. The van der Waals surface area contributed by atoms with Gasteiger partial charge in [0.25, 0.3) is 0 Å². The lowest BCUT2D eigenvalue weighted by Gasteiger charge is -2.42. The first-order valence-electron chi connectivity index (χ1n) is 14.3.